The maximum atomic E-state index is 13.1. The second-order valence-electron chi connectivity index (χ2n) is 4.31. The van der Waals surface area contributed by atoms with Crippen molar-refractivity contribution >= 4 is 19.7 Å². The highest BCUT2D eigenvalue weighted by Crippen LogP contribution is 2.28. The lowest BCUT2D eigenvalue weighted by molar-refractivity contribution is 0.297. The third kappa shape index (κ3) is 3.71. The summed E-state index contributed by atoms with van der Waals surface area (Å²) >= 11 is 0. The third-order valence-electron chi connectivity index (χ3n) is 2.65. The molecule has 0 aromatic heterocycles. The van der Waals surface area contributed by atoms with Crippen molar-refractivity contribution in [3.8, 4) is 5.75 Å². The van der Waals surface area contributed by atoms with E-state index in [1.807, 2.05) is 31.2 Å². The van der Waals surface area contributed by atoms with Crippen molar-refractivity contribution in [3.63, 3.8) is 0 Å². The van der Waals surface area contributed by atoms with Crippen molar-refractivity contribution in [1.29, 1.82) is 0 Å². The van der Waals surface area contributed by atoms with Crippen molar-refractivity contribution in [2.24, 2.45) is 0 Å². The van der Waals surface area contributed by atoms with Gasteiger partial charge in [-0.05, 0) is 30.7 Å². The van der Waals surface area contributed by atoms with Crippen molar-refractivity contribution < 1.29 is 17.5 Å². The molecule has 6 heteroatoms. The van der Waals surface area contributed by atoms with Gasteiger partial charge in [0.15, 0.2) is 0 Å². The third-order valence-corrected chi connectivity index (χ3v) is 3.99. The summed E-state index contributed by atoms with van der Waals surface area (Å²) in [6.07, 6.45) is 0. The molecule has 0 radical (unpaired) electrons. The topological polar surface area (TPSA) is 43.4 Å². The highest BCUT2D eigenvalue weighted by Gasteiger charge is 2.18. The zero-order chi connectivity index (χ0) is 14.8. The van der Waals surface area contributed by atoms with Crippen LogP contribution in [0.5, 0.6) is 5.75 Å². The summed E-state index contributed by atoms with van der Waals surface area (Å²) in [5, 5.41) is 0. The fourth-order valence-corrected chi connectivity index (χ4v) is 2.74. The van der Waals surface area contributed by atoms with E-state index in [-0.39, 0.29) is 17.3 Å². The van der Waals surface area contributed by atoms with E-state index < -0.39 is 14.9 Å². The number of halogens is 2. The van der Waals surface area contributed by atoms with Gasteiger partial charge in [-0.3, -0.25) is 0 Å². The molecule has 0 spiro atoms. The number of benzene rings is 2. The molecule has 0 saturated carbocycles. The molecule has 0 aliphatic heterocycles. The van der Waals surface area contributed by atoms with Gasteiger partial charge < -0.3 is 4.74 Å². The van der Waals surface area contributed by atoms with Crippen LogP contribution in [0.15, 0.2) is 47.4 Å². The van der Waals surface area contributed by atoms with Crippen LogP contribution in [0.25, 0.3) is 0 Å². The Hall–Kier alpha value is -1.59. The predicted molar refractivity (Wildman–Crippen MR) is 74.9 cm³/mol. The molecule has 2 aromatic rings. The summed E-state index contributed by atoms with van der Waals surface area (Å²) in [7, 11) is 1.21. The normalized spacial score (nSPS) is 11.3. The van der Waals surface area contributed by atoms with Gasteiger partial charge in [-0.25, -0.2) is 12.8 Å². The second kappa shape index (κ2) is 5.81. The molecule has 0 heterocycles. The van der Waals surface area contributed by atoms with Crippen LogP contribution in [-0.2, 0) is 15.7 Å². The smallest absolute Gasteiger partial charge is 0.265 e. The minimum absolute atomic E-state index is 0.0305. The van der Waals surface area contributed by atoms with Crippen molar-refractivity contribution in [3.05, 3.63) is 59.4 Å². The van der Waals surface area contributed by atoms with E-state index in [4.69, 9.17) is 15.4 Å². The van der Waals surface area contributed by atoms with Crippen LogP contribution in [0.1, 0.15) is 11.1 Å². The van der Waals surface area contributed by atoms with E-state index in [9.17, 15) is 12.8 Å². The van der Waals surface area contributed by atoms with Crippen molar-refractivity contribution in [2.75, 3.05) is 0 Å². The number of hydrogen-bond acceptors (Lipinski definition) is 3. The highest BCUT2D eigenvalue weighted by molar-refractivity contribution is 8.13. The molecule has 0 saturated heterocycles. The molecule has 0 bridgehead atoms. The molecule has 0 amide bonds. The highest BCUT2D eigenvalue weighted by atomic mass is 35.7. The number of aryl methyl sites for hydroxylation is 1. The first-order chi connectivity index (χ1) is 9.36. The van der Waals surface area contributed by atoms with Crippen molar-refractivity contribution in [1.82, 2.24) is 0 Å². The Labute approximate surface area is 121 Å². The molecule has 0 aliphatic carbocycles. The van der Waals surface area contributed by atoms with Crippen LogP contribution in [0.3, 0.4) is 0 Å². The Morgan fingerprint density at radius 1 is 1.20 bits per heavy atom. The molecule has 2 rings (SSSR count). The summed E-state index contributed by atoms with van der Waals surface area (Å²) in [5.74, 6) is -0.657. The maximum absolute atomic E-state index is 13.1. The summed E-state index contributed by atoms with van der Waals surface area (Å²) in [4.78, 5) is -0.369. The van der Waals surface area contributed by atoms with Crippen molar-refractivity contribution in [2.45, 2.75) is 18.4 Å². The minimum atomic E-state index is -4.06. The van der Waals surface area contributed by atoms with Gasteiger partial charge in [0.2, 0.25) is 0 Å². The Morgan fingerprint density at radius 3 is 2.60 bits per heavy atom. The van der Waals surface area contributed by atoms with Gasteiger partial charge in [-0.1, -0.05) is 29.8 Å². The predicted octanol–water partition coefficient (Wildman–Crippen LogP) is 3.64. The van der Waals surface area contributed by atoms with Gasteiger partial charge in [0, 0.05) is 10.7 Å². The Balaban J connectivity index is 2.26. The number of hydrogen-bond donors (Lipinski definition) is 0. The fourth-order valence-electron chi connectivity index (χ4n) is 1.75. The standard InChI is InChI=1S/C14H12ClFO3S/c1-10-3-2-4-11(7-10)9-19-13-6-5-12(16)8-14(13)20(15,17)18/h2-8H,9H2,1H3. The van der Waals surface area contributed by atoms with Gasteiger partial charge >= 0.3 is 0 Å². The second-order valence-corrected chi connectivity index (χ2v) is 6.84. The average Bonchev–Trinajstić information content (AvgIpc) is 2.36. The number of ether oxygens (including phenoxy) is 1. The zero-order valence-electron chi connectivity index (χ0n) is 10.6. The Morgan fingerprint density at radius 2 is 1.95 bits per heavy atom. The molecule has 0 aliphatic rings. The molecule has 0 unspecified atom stereocenters. The summed E-state index contributed by atoms with van der Waals surface area (Å²) < 4.78 is 41.3. The largest absolute Gasteiger partial charge is 0.487 e. The minimum Gasteiger partial charge on any atom is -0.487 e. The molecule has 20 heavy (non-hydrogen) atoms. The lowest BCUT2D eigenvalue weighted by atomic mass is 10.1. The maximum Gasteiger partial charge on any atom is 0.265 e. The van der Waals surface area contributed by atoms with E-state index in [0.717, 1.165) is 23.3 Å². The molecule has 0 N–H and O–H groups in total. The van der Waals surface area contributed by atoms with Gasteiger partial charge in [0.05, 0.1) is 0 Å². The van der Waals surface area contributed by atoms with Crippen LogP contribution in [0, 0.1) is 12.7 Å². The van der Waals surface area contributed by atoms with E-state index in [2.05, 4.69) is 0 Å². The van der Waals surface area contributed by atoms with Gasteiger partial charge in [-0.15, -0.1) is 0 Å². The summed E-state index contributed by atoms with van der Waals surface area (Å²) in [6, 6.07) is 10.8. The average molecular weight is 315 g/mol. The first-order valence-corrected chi connectivity index (χ1v) is 8.10. The molecular weight excluding hydrogens is 303 g/mol. The van der Waals surface area contributed by atoms with Crippen LogP contribution in [0.2, 0.25) is 0 Å². The van der Waals surface area contributed by atoms with Crippen LogP contribution in [-0.4, -0.2) is 8.42 Å². The quantitative estimate of drug-likeness (QED) is 0.809. The Bertz CT molecular complexity index is 729. The monoisotopic (exact) mass is 314 g/mol. The Kier molecular flexibility index (Phi) is 4.30. The molecule has 2 aromatic carbocycles. The van der Waals surface area contributed by atoms with Gasteiger partial charge in [0.1, 0.15) is 23.1 Å². The first-order valence-electron chi connectivity index (χ1n) is 5.79. The number of rotatable bonds is 4. The van der Waals surface area contributed by atoms with Crippen LogP contribution in [0.4, 0.5) is 4.39 Å². The van der Waals surface area contributed by atoms with E-state index >= 15 is 0 Å². The lowest BCUT2D eigenvalue weighted by Crippen LogP contribution is -2.01. The van der Waals surface area contributed by atoms with Gasteiger partial charge in [0.25, 0.3) is 9.05 Å². The molecule has 3 nitrogen and oxygen atoms in total. The van der Waals surface area contributed by atoms with E-state index in [0.29, 0.717) is 0 Å². The molecule has 0 fully saturated rings. The van der Waals surface area contributed by atoms with E-state index in [1.165, 1.54) is 6.07 Å². The molecule has 106 valence electrons. The molecular formula is C14H12ClFO3S. The lowest BCUT2D eigenvalue weighted by Gasteiger charge is -2.10. The SMILES string of the molecule is Cc1cccc(COc2ccc(F)cc2S(=O)(=O)Cl)c1. The zero-order valence-corrected chi connectivity index (χ0v) is 12.2. The van der Waals surface area contributed by atoms with Crippen LogP contribution >= 0.6 is 10.7 Å². The van der Waals surface area contributed by atoms with E-state index in [1.54, 1.807) is 0 Å². The first kappa shape index (κ1) is 14.8. The fraction of sp³-hybridized carbons (Fsp3) is 0.143. The van der Waals surface area contributed by atoms with Gasteiger partial charge in [-0.2, -0.15) is 0 Å². The summed E-state index contributed by atoms with van der Waals surface area (Å²) in [5.41, 5.74) is 1.95. The molecule has 0 atom stereocenters. The summed E-state index contributed by atoms with van der Waals surface area (Å²) in [6.45, 7) is 2.11. The van der Waals surface area contributed by atoms with Crippen LogP contribution < -0.4 is 4.74 Å².